The van der Waals surface area contributed by atoms with Crippen molar-refractivity contribution in [2.75, 3.05) is 5.32 Å². The zero-order chi connectivity index (χ0) is 16.4. The van der Waals surface area contributed by atoms with Crippen LogP contribution in [0.3, 0.4) is 0 Å². The lowest BCUT2D eigenvalue weighted by Crippen LogP contribution is -2.16. The van der Waals surface area contributed by atoms with Crippen molar-refractivity contribution in [1.82, 2.24) is 9.38 Å². The molecule has 6 heteroatoms. The van der Waals surface area contributed by atoms with Gasteiger partial charge in [-0.3, -0.25) is 9.20 Å². The zero-order valence-electron chi connectivity index (χ0n) is 12.4. The molecule has 0 atom stereocenters. The molecule has 0 unspecified atom stereocenters. The third kappa shape index (κ3) is 2.89. The van der Waals surface area contributed by atoms with Crippen molar-refractivity contribution in [3.8, 4) is 6.07 Å². The number of rotatable bonds is 3. The lowest BCUT2D eigenvalue weighted by molar-refractivity contribution is 0.102. The molecule has 114 valence electrons. The predicted octanol–water partition coefficient (Wildman–Crippen LogP) is 3.67. The molecule has 2 heterocycles. The molecule has 2 aromatic heterocycles. The van der Waals surface area contributed by atoms with E-state index in [1.54, 1.807) is 47.0 Å². The second-order valence-corrected chi connectivity index (χ2v) is 5.42. The Morgan fingerprint density at radius 2 is 2.22 bits per heavy atom. The first kappa shape index (κ1) is 15.1. The van der Waals surface area contributed by atoms with Gasteiger partial charge in [0.2, 0.25) is 0 Å². The maximum atomic E-state index is 12.7. The van der Waals surface area contributed by atoms with Crippen LogP contribution in [0, 0.1) is 11.3 Å². The highest BCUT2D eigenvalue weighted by molar-refractivity contribution is 6.30. The molecule has 1 N–H and O–H groups in total. The number of pyridine rings is 1. The van der Waals surface area contributed by atoms with Crippen molar-refractivity contribution >= 4 is 28.8 Å². The van der Waals surface area contributed by atoms with E-state index in [0.29, 0.717) is 39.7 Å². The monoisotopic (exact) mass is 324 g/mol. The minimum atomic E-state index is -0.285. The van der Waals surface area contributed by atoms with Gasteiger partial charge in [0.15, 0.2) is 0 Å². The summed E-state index contributed by atoms with van der Waals surface area (Å²) in [4.78, 5) is 17.1. The molecule has 1 aromatic carbocycles. The van der Waals surface area contributed by atoms with Crippen molar-refractivity contribution in [3.63, 3.8) is 0 Å². The quantitative estimate of drug-likeness (QED) is 0.799. The molecule has 0 saturated heterocycles. The molecule has 0 fully saturated rings. The van der Waals surface area contributed by atoms with Gasteiger partial charge in [-0.25, -0.2) is 4.98 Å². The molecule has 0 spiro atoms. The number of fused-ring (bicyclic) bond motifs is 1. The van der Waals surface area contributed by atoms with Crippen LogP contribution in [-0.4, -0.2) is 15.3 Å². The van der Waals surface area contributed by atoms with Crippen molar-refractivity contribution in [2.45, 2.75) is 13.3 Å². The number of hydrogen-bond donors (Lipinski definition) is 1. The number of carbonyl (C=O) groups is 1. The SMILES string of the molecule is CCc1nc2ccc(Cl)cn2c1C(=O)Nc1cccc(C#N)c1. The highest BCUT2D eigenvalue weighted by Crippen LogP contribution is 2.19. The summed E-state index contributed by atoms with van der Waals surface area (Å²) in [5, 5.41) is 12.3. The minimum absolute atomic E-state index is 0.285. The average Bonchev–Trinajstić information content (AvgIpc) is 2.92. The van der Waals surface area contributed by atoms with Gasteiger partial charge in [-0.15, -0.1) is 0 Å². The van der Waals surface area contributed by atoms with E-state index in [1.165, 1.54) is 0 Å². The van der Waals surface area contributed by atoms with Gasteiger partial charge >= 0.3 is 0 Å². The van der Waals surface area contributed by atoms with Crippen molar-refractivity contribution in [3.05, 3.63) is 64.6 Å². The number of benzene rings is 1. The number of nitrogens with one attached hydrogen (secondary N) is 1. The molecule has 0 radical (unpaired) electrons. The molecule has 0 aliphatic carbocycles. The van der Waals surface area contributed by atoms with E-state index < -0.39 is 0 Å². The first-order valence-electron chi connectivity index (χ1n) is 7.10. The Morgan fingerprint density at radius 3 is 2.96 bits per heavy atom. The fraction of sp³-hybridized carbons (Fsp3) is 0.118. The van der Waals surface area contributed by atoms with Crippen LogP contribution in [-0.2, 0) is 6.42 Å². The van der Waals surface area contributed by atoms with E-state index >= 15 is 0 Å². The number of nitriles is 1. The first-order chi connectivity index (χ1) is 11.1. The molecule has 0 saturated carbocycles. The summed E-state index contributed by atoms with van der Waals surface area (Å²) >= 11 is 6.03. The fourth-order valence-electron chi connectivity index (χ4n) is 2.41. The van der Waals surface area contributed by atoms with Crippen LogP contribution < -0.4 is 5.32 Å². The Hall–Kier alpha value is -2.84. The molecule has 0 bridgehead atoms. The number of imidazole rings is 1. The van der Waals surface area contributed by atoms with Crippen molar-refractivity contribution < 1.29 is 4.79 Å². The number of halogens is 1. The van der Waals surface area contributed by atoms with Crippen molar-refractivity contribution in [1.29, 1.82) is 5.26 Å². The molecule has 5 nitrogen and oxygen atoms in total. The number of aromatic nitrogens is 2. The van der Waals surface area contributed by atoms with Crippen molar-refractivity contribution in [2.24, 2.45) is 0 Å². The Bertz CT molecular complexity index is 939. The molecular weight excluding hydrogens is 312 g/mol. The summed E-state index contributed by atoms with van der Waals surface area (Å²) in [5.41, 5.74) is 2.86. The van der Waals surface area contributed by atoms with Gasteiger partial charge in [-0.2, -0.15) is 5.26 Å². The van der Waals surface area contributed by atoms with Crippen LogP contribution in [0.2, 0.25) is 5.02 Å². The fourth-order valence-corrected chi connectivity index (χ4v) is 2.57. The molecule has 1 amide bonds. The van der Waals surface area contributed by atoms with Gasteiger partial charge in [-0.05, 0) is 36.8 Å². The molecule has 23 heavy (non-hydrogen) atoms. The van der Waals surface area contributed by atoms with Crippen LogP contribution in [0.4, 0.5) is 5.69 Å². The normalized spacial score (nSPS) is 10.5. The van der Waals surface area contributed by atoms with Gasteiger partial charge in [0.25, 0.3) is 5.91 Å². The molecular formula is C17H13ClN4O. The Morgan fingerprint density at radius 1 is 1.39 bits per heavy atom. The van der Waals surface area contributed by atoms with Gasteiger partial charge in [0.1, 0.15) is 11.3 Å². The third-order valence-electron chi connectivity index (χ3n) is 3.45. The smallest absolute Gasteiger partial charge is 0.274 e. The molecule has 0 aliphatic rings. The Kier molecular flexibility index (Phi) is 4.00. The number of nitrogens with zero attached hydrogens (tertiary/aromatic N) is 3. The average molecular weight is 325 g/mol. The number of anilines is 1. The third-order valence-corrected chi connectivity index (χ3v) is 3.68. The van der Waals surface area contributed by atoms with E-state index in [2.05, 4.69) is 10.3 Å². The predicted molar refractivity (Wildman–Crippen MR) is 88.7 cm³/mol. The summed E-state index contributed by atoms with van der Waals surface area (Å²) in [7, 11) is 0. The summed E-state index contributed by atoms with van der Waals surface area (Å²) in [6.45, 7) is 1.94. The number of amides is 1. The number of aryl methyl sites for hydroxylation is 1. The zero-order valence-corrected chi connectivity index (χ0v) is 13.1. The van der Waals surface area contributed by atoms with E-state index in [1.807, 2.05) is 13.0 Å². The van der Waals surface area contributed by atoms with Gasteiger partial charge in [0, 0.05) is 11.9 Å². The minimum Gasteiger partial charge on any atom is -0.321 e. The van der Waals surface area contributed by atoms with Crippen LogP contribution in [0.1, 0.15) is 28.7 Å². The van der Waals surface area contributed by atoms with E-state index in [9.17, 15) is 4.79 Å². The Balaban J connectivity index is 2.03. The van der Waals surface area contributed by atoms with Gasteiger partial charge in [-0.1, -0.05) is 24.6 Å². The van der Waals surface area contributed by atoms with E-state index in [-0.39, 0.29) is 5.91 Å². The number of carbonyl (C=O) groups excluding carboxylic acids is 1. The summed E-state index contributed by atoms with van der Waals surface area (Å²) in [6.07, 6.45) is 2.30. The largest absolute Gasteiger partial charge is 0.321 e. The van der Waals surface area contributed by atoms with Gasteiger partial charge in [0.05, 0.1) is 22.3 Å². The molecule has 3 aromatic rings. The van der Waals surface area contributed by atoms with Crippen LogP contribution in [0.25, 0.3) is 5.65 Å². The first-order valence-corrected chi connectivity index (χ1v) is 7.48. The van der Waals surface area contributed by atoms with E-state index in [0.717, 1.165) is 0 Å². The summed E-state index contributed by atoms with van der Waals surface area (Å²) in [5.74, 6) is -0.285. The Labute approximate surface area is 138 Å². The van der Waals surface area contributed by atoms with Crippen LogP contribution >= 0.6 is 11.6 Å². The van der Waals surface area contributed by atoms with Gasteiger partial charge < -0.3 is 5.32 Å². The second-order valence-electron chi connectivity index (χ2n) is 4.98. The summed E-state index contributed by atoms with van der Waals surface area (Å²) in [6, 6.07) is 12.3. The topological polar surface area (TPSA) is 70.2 Å². The lowest BCUT2D eigenvalue weighted by atomic mass is 10.2. The molecule has 3 rings (SSSR count). The lowest BCUT2D eigenvalue weighted by Gasteiger charge is -2.07. The highest BCUT2D eigenvalue weighted by Gasteiger charge is 2.18. The van der Waals surface area contributed by atoms with Crippen LogP contribution in [0.15, 0.2) is 42.6 Å². The van der Waals surface area contributed by atoms with E-state index in [4.69, 9.17) is 16.9 Å². The highest BCUT2D eigenvalue weighted by atomic mass is 35.5. The molecule has 0 aliphatic heterocycles. The van der Waals surface area contributed by atoms with Crippen LogP contribution in [0.5, 0.6) is 0 Å². The standard InChI is InChI=1S/C17H13ClN4O/c1-2-14-16(22-10-12(18)6-7-15(22)21-14)17(23)20-13-5-3-4-11(8-13)9-19/h3-8,10H,2H2,1H3,(H,20,23). The summed E-state index contributed by atoms with van der Waals surface area (Å²) < 4.78 is 1.69. The second kappa shape index (κ2) is 6.11. The maximum absolute atomic E-state index is 12.7. The maximum Gasteiger partial charge on any atom is 0.274 e. The number of hydrogen-bond acceptors (Lipinski definition) is 3.